The standard InChI is InChI=1S/C16H18N3/c1-2-6-14(7-3-1)8-9-15-12-17-16(18-13-15)19-10-4-5-11-19/h1-2,6-7,12-13H,4-5,8-11H2. The summed E-state index contributed by atoms with van der Waals surface area (Å²) < 4.78 is 0. The van der Waals surface area contributed by atoms with Crippen molar-refractivity contribution in [2.75, 3.05) is 18.0 Å². The molecule has 97 valence electrons. The van der Waals surface area contributed by atoms with Gasteiger partial charge in [0.25, 0.3) is 0 Å². The van der Waals surface area contributed by atoms with Crippen molar-refractivity contribution in [3.05, 3.63) is 53.9 Å². The van der Waals surface area contributed by atoms with E-state index in [4.69, 9.17) is 0 Å². The zero-order valence-corrected chi connectivity index (χ0v) is 11.0. The first kappa shape index (κ1) is 12.2. The third-order valence-electron chi connectivity index (χ3n) is 3.55. The molecule has 2 heterocycles. The maximum absolute atomic E-state index is 4.48. The first-order chi connectivity index (χ1) is 9.42. The van der Waals surface area contributed by atoms with Crippen LogP contribution in [0.5, 0.6) is 0 Å². The van der Waals surface area contributed by atoms with Gasteiger partial charge in [-0.15, -0.1) is 0 Å². The first-order valence-corrected chi connectivity index (χ1v) is 6.93. The van der Waals surface area contributed by atoms with Crippen molar-refractivity contribution < 1.29 is 0 Å². The maximum atomic E-state index is 4.48. The lowest BCUT2D eigenvalue weighted by molar-refractivity contribution is 0.874. The van der Waals surface area contributed by atoms with Crippen molar-refractivity contribution in [1.82, 2.24) is 9.97 Å². The lowest BCUT2D eigenvalue weighted by atomic mass is 10.1. The van der Waals surface area contributed by atoms with Gasteiger partial charge in [-0.3, -0.25) is 0 Å². The van der Waals surface area contributed by atoms with E-state index in [2.05, 4.69) is 27.0 Å². The van der Waals surface area contributed by atoms with E-state index < -0.39 is 0 Å². The highest BCUT2D eigenvalue weighted by Gasteiger charge is 2.14. The Morgan fingerprint density at radius 3 is 2.47 bits per heavy atom. The van der Waals surface area contributed by atoms with Crippen LogP contribution in [0.25, 0.3) is 0 Å². The summed E-state index contributed by atoms with van der Waals surface area (Å²) in [7, 11) is 0. The summed E-state index contributed by atoms with van der Waals surface area (Å²) in [5.74, 6) is 0.884. The molecule has 1 fully saturated rings. The van der Waals surface area contributed by atoms with E-state index in [1.807, 2.05) is 30.6 Å². The van der Waals surface area contributed by atoms with E-state index in [-0.39, 0.29) is 0 Å². The molecule has 0 bridgehead atoms. The molecular weight excluding hydrogens is 234 g/mol. The van der Waals surface area contributed by atoms with E-state index in [1.54, 1.807) is 0 Å². The molecule has 3 nitrogen and oxygen atoms in total. The van der Waals surface area contributed by atoms with Crippen LogP contribution in [0.3, 0.4) is 0 Å². The van der Waals surface area contributed by atoms with Crippen molar-refractivity contribution in [1.29, 1.82) is 0 Å². The van der Waals surface area contributed by atoms with E-state index in [1.165, 1.54) is 24.0 Å². The van der Waals surface area contributed by atoms with Crippen LogP contribution in [-0.4, -0.2) is 23.1 Å². The highest BCUT2D eigenvalue weighted by molar-refractivity contribution is 5.31. The molecule has 1 aromatic carbocycles. The molecule has 0 unspecified atom stereocenters. The Morgan fingerprint density at radius 2 is 1.79 bits per heavy atom. The topological polar surface area (TPSA) is 29.0 Å². The highest BCUT2D eigenvalue weighted by atomic mass is 15.3. The third kappa shape index (κ3) is 3.11. The van der Waals surface area contributed by atoms with Gasteiger partial charge in [0.2, 0.25) is 5.95 Å². The average molecular weight is 252 g/mol. The average Bonchev–Trinajstić information content (AvgIpc) is 3.01. The van der Waals surface area contributed by atoms with Gasteiger partial charge < -0.3 is 4.90 Å². The number of anilines is 1. The molecule has 1 saturated heterocycles. The van der Waals surface area contributed by atoms with Gasteiger partial charge in [-0.05, 0) is 42.9 Å². The predicted octanol–water partition coefficient (Wildman–Crippen LogP) is 2.66. The monoisotopic (exact) mass is 252 g/mol. The summed E-state index contributed by atoms with van der Waals surface area (Å²) in [6.07, 6.45) is 8.45. The van der Waals surface area contributed by atoms with Crippen molar-refractivity contribution in [3.8, 4) is 0 Å². The number of aromatic nitrogens is 2. The molecule has 0 aliphatic carbocycles. The molecule has 1 aliphatic rings. The summed E-state index contributed by atoms with van der Waals surface area (Å²) in [6.45, 7) is 2.19. The van der Waals surface area contributed by atoms with Crippen LogP contribution in [0.15, 0.2) is 36.7 Å². The molecule has 3 heteroatoms. The lowest BCUT2D eigenvalue weighted by Gasteiger charge is -2.14. The van der Waals surface area contributed by atoms with Crippen molar-refractivity contribution >= 4 is 5.95 Å². The molecule has 0 spiro atoms. The quantitative estimate of drug-likeness (QED) is 0.837. The summed E-state index contributed by atoms with van der Waals surface area (Å²) in [5, 5.41) is 0. The molecule has 3 rings (SSSR count). The molecule has 0 atom stereocenters. The minimum Gasteiger partial charge on any atom is -0.341 e. The second-order valence-electron chi connectivity index (χ2n) is 5.00. The molecule has 0 amide bonds. The lowest BCUT2D eigenvalue weighted by Crippen LogP contribution is -2.20. The van der Waals surface area contributed by atoms with Gasteiger partial charge in [0, 0.05) is 25.5 Å². The van der Waals surface area contributed by atoms with E-state index in [0.717, 1.165) is 31.9 Å². The smallest absolute Gasteiger partial charge is 0.225 e. The second-order valence-corrected chi connectivity index (χ2v) is 5.00. The van der Waals surface area contributed by atoms with E-state index in [9.17, 15) is 0 Å². The Balaban J connectivity index is 1.60. The van der Waals surface area contributed by atoms with Gasteiger partial charge in [0.1, 0.15) is 0 Å². The van der Waals surface area contributed by atoms with Gasteiger partial charge in [-0.1, -0.05) is 24.3 Å². The number of benzene rings is 1. The Kier molecular flexibility index (Phi) is 3.73. The van der Waals surface area contributed by atoms with Crippen molar-refractivity contribution in [2.24, 2.45) is 0 Å². The Bertz CT molecular complexity index is 501. The van der Waals surface area contributed by atoms with Crippen LogP contribution in [0.4, 0.5) is 5.95 Å². The number of aryl methyl sites for hydroxylation is 2. The zero-order chi connectivity index (χ0) is 12.9. The molecule has 1 radical (unpaired) electrons. The largest absolute Gasteiger partial charge is 0.341 e. The molecular formula is C16H18N3. The molecule has 1 aliphatic heterocycles. The maximum Gasteiger partial charge on any atom is 0.225 e. The van der Waals surface area contributed by atoms with Crippen LogP contribution >= 0.6 is 0 Å². The van der Waals surface area contributed by atoms with Crippen LogP contribution in [-0.2, 0) is 12.8 Å². The number of nitrogens with zero attached hydrogens (tertiary/aromatic N) is 3. The minimum atomic E-state index is 0.884. The van der Waals surface area contributed by atoms with Crippen molar-refractivity contribution in [2.45, 2.75) is 25.7 Å². The van der Waals surface area contributed by atoms with E-state index in [0.29, 0.717) is 0 Å². The first-order valence-electron chi connectivity index (χ1n) is 6.93. The number of hydrogen-bond donors (Lipinski definition) is 0. The van der Waals surface area contributed by atoms with Gasteiger partial charge >= 0.3 is 0 Å². The predicted molar refractivity (Wildman–Crippen MR) is 76.2 cm³/mol. The SMILES string of the molecule is [c]1cccc(CCc2cnc(N3CCCC3)nc2)c1. The third-order valence-corrected chi connectivity index (χ3v) is 3.55. The molecule has 2 aromatic rings. The second kappa shape index (κ2) is 5.83. The van der Waals surface area contributed by atoms with Gasteiger partial charge in [-0.2, -0.15) is 0 Å². The number of rotatable bonds is 4. The van der Waals surface area contributed by atoms with Crippen LogP contribution < -0.4 is 4.90 Å². The Hall–Kier alpha value is -1.90. The van der Waals surface area contributed by atoms with Crippen LogP contribution in [0, 0.1) is 6.07 Å². The molecule has 19 heavy (non-hydrogen) atoms. The fourth-order valence-electron chi connectivity index (χ4n) is 2.43. The zero-order valence-electron chi connectivity index (χ0n) is 11.0. The van der Waals surface area contributed by atoms with Crippen LogP contribution in [0.1, 0.15) is 24.0 Å². The summed E-state index contributed by atoms with van der Waals surface area (Å²) in [6, 6.07) is 11.2. The van der Waals surface area contributed by atoms with Crippen molar-refractivity contribution in [3.63, 3.8) is 0 Å². The fourth-order valence-corrected chi connectivity index (χ4v) is 2.43. The van der Waals surface area contributed by atoms with Gasteiger partial charge in [0.15, 0.2) is 0 Å². The highest BCUT2D eigenvalue weighted by Crippen LogP contribution is 2.15. The normalized spacial score (nSPS) is 14.8. The van der Waals surface area contributed by atoms with Gasteiger partial charge in [0.05, 0.1) is 0 Å². The molecule has 0 saturated carbocycles. The Morgan fingerprint density at radius 1 is 1.05 bits per heavy atom. The minimum absolute atomic E-state index is 0.884. The molecule has 1 aromatic heterocycles. The van der Waals surface area contributed by atoms with Gasteiger partial charge in [-0.25, -0.2) is 9.97 Å². The van der Waals surface area contributed by atoms with E-state index >= 15 is 0 Å². The fraction of sp³-hybridized carbons (Fsp3) is 0.375. The van der Waals surface area contributed by atoms with Crippen LogP contribution in [0.2, 0.25) is 0 Å². The summed E-state index contributed by atoms with van der Waals surface area (Å²) in [5.41, 5.74) is 2.51. The summed E-state index contributed by atoms with van der Waals surface area (Å²) >= 11 is 0. The molecule has 0 N–H and O–H groups in total. The number of hydrogen-bond acceptors (Lipinski definition) is 3. The summed E-state index contributed by atoms with van der Waals surface area (Å²) in [4.78, 5) is 11.2. The Labute approximate surface area is 114 Å².